The molecule has 2 rings (SSSR count). The van der Waals surface area contributed by atoms with Gasteiger partial charge in [-0.15, -0.1) is 11.3 Å². The number of aromatic nitrogens is 1. The molecule has 4 nitrogen and oxygen atoms in total. The highest BCUT2D eigenvalue weighted by Gasteiger charge is 2.08. The zero-order chi connectivity index (χ0) is 13.7. The van der Waals surface area contributed by atoms with Crippen molar-refractivity contribution in [2.75, 3.05) is 0 Å². The van der Waals surface area contributed by atoms with Crippen molar-refractivity contribution in [3.8, 4) is 5.75 Å². The molecule has 2 aromatic rings. The molecule has 0 unspecified atom stereocenters. The number of nitrogens with zero attached hydrogens (tertiary/aromatic N) is 1. The lowest BCUT2D eigenvalue weighted by atomic mass is 10.0. The molecule has 0 aliphatic carbocycles. The first-order valence-electron chi connectivity index (χ1n) is 6.17. The van der Waals surface area contributed by atoms with Gasteiger partial charge in [-0.25, -0.2) is 10.9 Å². The van der Waals surface area contributed by atoms with Gasteiger partial charge in [0.1, 0.15) is 24.0 Å². The molecule has 102 valence electrons. The molecule has 0 saturated carbocycles. The molecule has 1 aromatic heterocycles. The molecule has 0 amide bonds. The summed E-state index contributed by atoms with van der Waals surface area (Å²) in [5.41, 5.74) is 2.05. The summed E-state index contributed by atoms with van der Waals surface area (Å²) in [5, 5.41) is 2.85. The Kier molecular flexibility index (Phi) is 4.90. The minimum Gasteiger partial charge on any atom is -0.486 e. The summed E-state index contributed by atoms with van der Waals surface area (Å²) in [6, 6.07) is 8.10. The van der Waals surface area contributed by atoms with E-state index in [2.05, 4.69) is 29.7 Å². The molecule has 0 aliphatic heterocycles. The van der Waals surface area contributed by atoms with E-state index in [1.165, 1.54) is 5.56 Å². The summed E-state index contributed by atoms with van der Waals surface area (Å²) in [4.78, 5) is 8.94. The monoisotopic (exact) mass is 278 g/mol. The highest BCUT2D eigenvalue weighted by atomic mass is 32.1. The van der Waals surface area contributed by atoms with Crippen LogP contribution in [0, 0.1) is 0 Å². The first-order valence-corrected chi connectivity index (χ1v) is 7.05. The van der Waals surface area contributed by atoms with Crippen LogP contribution in [0.1, 0.15) is 36.0 Å². The Morgan fingerprint density at radius 1 is 1.26 bits per heavy atom. The van der Waals surface area contributed by atoms with Gasteiger partial charge in [0, 0.05) is 5.38 Å². The van der Waals surface area contributed by atoms with E-state index in [9.17, 15) is 0 Å². The standard InChI is InChI=1S/C14H18N2O2S/c1-10(2)12-5-3-4-6-13(12)17-8-14-16-11(7-18-15)9-19-14/h3-6,9-10H,7-8,15H2,1-2H3. The van der Waals surface area contributed by atoms with Crippen molar-refractivity contribution in [2.45, 2.75) is 33.0 Å². The maximum absolute atomic E-state index is 5.85. The van der Waals surface area contributed by atoms with Crippen LogP contribution in [0.4, 0.5) is 0 Å². The summed E-state index contributed by atoms with van der Waals surface area (Å²) < 4.78 is 5.85. The summed E-state index contributed by atoms with van der Waals surface area (Å²) in [7, 11) is 0. The Hall–Kier alpha value is -1.43. The van der Waals surface area contributed by atoms with Crippen LogP contribution in [0.25, 0.3) is 0 Å². The molecular formula is C14H18N2O2S. The predicted octanol–water partition coefficient (Wildman–Crippen LogP) is 3.24. The third-order valence-electron chi connectivity index (χ3n) is 2.72. The molecule has 0 atom stereocenters. The number of nitrogens with two attached hydrogens (primary N) is 1. The lowest BCUT2D eigenvalue weighted by molar-refractivity contribution is 0.121. The van der Waals surface area contributed by atoms with Crippen LogP contribution in [0.5, 0.6) is 5.75 Å². The Morgan fingerprint density at radius 2 is 2.05 bits per heavy atom. The molecule has 0 spiro atoms. The number of thiazole rings is 1. The van der Waals surface area contributed by atoms with Crippen LogP contribution in [-0.2, 0) is 18.1 Å². The van der Waals surface area contributed by atoms with Crippen LogP contribution in [0.2, 0.25) is 0 Å². The fourth-order valence-corrected chi connectivity index (χ4v) is 2.49. The van der Waals surface area contributed by atoms with E-state index in [0.717, 1.165) is 16.5 Å². The van der Waals surface area contributed by atoms with Gasteiger partial charge in [-0.2, -0.15) is 0 Å². The quantitative estimate of drug-likeness (QED) is 0.824. The zero-order valence-electron chi connectivity index (χ0n) is 11.1. The van der Waals surface area contributed by atoms with Crippen molar-refractivity contribution >= 4 is 11.3 Å². The zero-order valence-corrected chi connectivity index (χ0v) is 11.9. The predicted molar refractivity (Wildman–Crippen MR) is 76.0 cm³/mol. The smallest absolute Gasteiger partial charge is 0.140 e. The van der Waals surface area contributed by atoms with Crippen molar-refractivity contribution in [2.24, 2.45) is 5.90 Å². The Bertz CT molecular complexity index is 526. The van der Waals surface area contributed by atoms with Crippen molar-refractivity contribution in [3.05, 3.63) is 45.9 Å². The van der Waals surface area contributed by atoms with Gasteiger partial charge in [-0.1, -0.05) is 32.0 Å². The SMILES string of the molecule is CC(C)c1ccccc1OCc1nc(CON)cs1. The van der Waals surface area contributed by atoms with Gasteiger partial charge in [0.05, 0.1) is 5.69 Å². The molecule has 0 aliphatic rings. The second-order valence-corrected chi connectivity index (χ2v) is 5.47. The van der Waals surface area contributed by atoms with Gasteiger partial charge in [-0.3, -0.25) is 4.84 Å². The third-order valence-corrected chi connectivity index (χ3v) is 3.59. The van der Waals surface area contributed by atoms with Crippen LogP contribution in [0.15, 0.2) is 29.6 Å². The van der Waals surface area contributed by atoms with Crippen molar-refractivity contribution in [1.82, 2.24) is 4.98 Å². The van der Waals surface area contributed by atoms with E-state index >= 15 is 0 Å². The number of hydrogen-bond acceptors (Lipinski definition) is 5. The first-order chi connectivity index (χ1) is 9.20. The van der Waals surface area contributed by atoms with E-state index in [0.29, 0.717) is 19.1 Å². The lowest BCUT2D eigenvalue weighted by Crippen LogP contribution is -2.01. The average molecular weight is 278 g/mol. The van der Waals surface area contributed by atoms with Gasteiger partial charge >= 0.3 is 0 Å². The Labute approximate surface area is 117 Å². The van der Waals surface area contributed by atoms with Crippen LogP contribution in [0.3, 0.4) is 0 Å². The fraction of sp³-hybridized carbons (Fsp3) is 0.357. The molecule has 5 heteroatoms. The van der Waals surface area contributed by atoms with Crippen LogP contribution >= 0.6 is 11.3 Å². The van der Waals surface area contributed by atoms with Crippen LogP contribution in [-0.4, -0.2) is 4.98 Å². The van der Waals surface area contributed by atoms with E-state index in [-0.39, 0.29) is 0 Å². The fourth-order valence-electron chi connectivity index (χ4n) is 1.80. The van der Waals surface area contributed by atoms with E-state index < -0.39 is 0 Å². The normalized spacial score (nSPS) is 10.9. The molecule has 1 heterocycles. The van der Waals surface area contributed by atoms with E-state index in [4.69, 9.17) is 10.6 Å². The Morgan fingerprint density at radius 3 is 2.79 bits per heavy atom. The minimum atomic E-state index is 0.332. The third kappa shape index (κ3) is 3.76. The number of ether oxygens (including phenoxy) is 1. The first kappa shape index (κ1) is 14.0. The van der Waals surface area contributed by atoms with Gasteiger partial charge in [0.15, 0.2) is 0 Å². The summed E-state index contributed by atoms with van der Waals surface area (Å²) in [6.07, 6.45) is 0. The summed E-state index contributed by atoms with van der Waals surface area (Å²) in [6.45, 7) is 5.11. The lowest BCUT2D eigenvalue weighted by Gasteiger charge is -2.12. The number of para-hydroxylation sites is 1. The molecule has 0 bridgehead atoms. The maximum atomic E-state index is 5.85. The van der Waals surface area contributed by atoms with Crippen molar-refractivity contribution < 1.29 is 9.57 Å². The second kappa shape index (κ2) is 6.65. The largest absolute Gasteiger partial charge is 0.486 e. The van der Waals surface area contributed by atoms with Gasteiger partial charge in [0.2, 0.25) is 0 Å². The van der Waals surface area contributed by atoms with E-state index in [1.807, 2.05) is 23.6 Å². The molecular weight excluding hydrogens is 260 g/mol. The molecule has 19 heavy (non-hydrogen) atoms. The maximum Gasteiger partial charge on any atom is 0.140 e. The van der Waals surface area contributed by atoms with Crippen molar-refractivity contribution in [3.63, 3.8) is 0 Å². The summed E-state index contributed by atoms with van der Waals surface area (Å²) in [5.74, 6) is 6.38. The topological polar surface area (TPSA) is 57.4 Å². The van der Waals surface area contributed by atoms with Gasteiger partial charge in [-0.05, 0) is 17.5 Å². The minimum absolute atomic E-state index is 0.332. The average Bonchev–Trinajstić information content (AvgIpc) is 2.85. The van der Waals surface area contributed by atoms with Gasteiger partial charge < -0.3 is 4.74 Å². The van der Waals surface area contributed by atoms with Gasteiger partial charge in [0.25, 0.3) is 0 Å². The molecule has 0 saturated heterocycles. The number of benzene rings is 1. The van der Waals surface area contributed by atoms with Crippen molar-refractivity contribution in [1.29, 1.82) is 0 Å². The molecule has 0 radical (unpaired) electrons. The highest BCUT2D eigenvalue weighted by molar-refractivity contribution is 7.09. The molecule has 0 fully saturated rings. The highest BCUT2D eigenvalue weighted by Crippen LogP contribution is 2.26. The Balaban J connectivity index is 2.01. The second-order valence-electron chi connectivity index (χ2n) is 4.52. The van der Waals surface area contributed by atoms with Crippen LogP contribution < -0.4 is 10.6 Å². The number of hydrogen-bond donors (Lipinski definition) is 1. The number of rotatable bonds is 6. The summed E-state index contributed by atoms with van der Waals surface area (Å²) >= 11 is 1.55. The molecule has 2 N–H and O–H groups in total. The molecule has 1 aromatic carbocycles. The van der Waals surface area contributed by atoms with E-state index in [1.54, 1.807) is 11.3 Å².